The number of phenols is 3. The van der Waals surface area contributed by atoms with Crippen LogP contribution in [0.2, 0.25) is 0 Å². The Labute approximate surface area is 421 Å². The number of hydrogen-bond donors (Lipinski definition) is 3. The van der Waals surface area contributed by atoms with E-state index < -0.39 is 0 Å². The van der Waals surface area contributed by atoms with Gasteiger partial charge in [-0.1, -0.05) is 284 Å². The Kier molecular flexibility index (Phi) is 61.7. The van der Waals surface area contributed by atoms with Crippen molar-refractivity contribution in [3.8, 4) is 39.5 Å². The Morgan fingerprint density at radius 2 is 0.353 bits per heavy atom. The fraction of sp³-hybridized carbons (Fsp3) is 0.354. The number of aryl methyl sites for hydroxylation is 4. The number of phenolic OH excluding ortho intramolecular Hbond substituents is 3. The van der Waals surface area contributed by atoms with Crippen LogP contribution in [0, 0.1) is 0 Å². The fourth-order valence-corrected chi connectivity index (χ4v) is 5.02. The first kappa shape index (κ1) is 73.5. The molecule has 3 heteroatoms. The van der Waals surface area contributed by atoms with Gasteiger partial charge in [0.15, 0.2) is 0 Å². The lowest BCUT2D eigenvalue weighted by molar-refractivity contribution is 0.475. The summed E-state index contributed by atoms with van der Waals surface area (Å²) in [6, 6.07) is 61.5. The van der Waals surface area contributed by atoms with Gasteiger partial charge < -0.3 is 15.3 Å². The molecule has 0 amide bonds. The molecule has 0 unspecified atom stereocenters. The summed E-state index contributed by atoms with van der Waals surface area (Å²) in [6.45, 7) is 36.7. The van der Waals surface area contributed by atoms with E-state index in [-0.39, 0.29) is 7.43 Å². The van der Waals surface area contributed by atoms with Crippen LogP contribution >= 0.6 is 0 Å². The van der Waals surface area contributed by atoms with Crippen molar-refractivity contribution >= 4 is 0 Å². The number of hydrogen-bond acceptors (Lipinski definition) is 3. The van der Waals surface area contributed by atoms with E-state index in [0.29, 0.717) is 17.2 Å². The smallest absolute Gasteiger partial charge is 0.115 e. The maximum absolute atomic E-state index is 8.63. The molecule has 3 nitrogen and oxygen atoms in total. The van der Waals surface area contributed by atoms with Gasteiger partial charge in [-0.05, 0) is 107 Å². The minimum Gasteiger partial charge on any atom is -0.508 e. The topological polar surface area (TPSA) is 60.7 Å². The molecule has 0 heterocycles. The van der Waals surface area contributed by atoms with Crippen LogP contribution in [0.15, 0.2) is 188 Å². The Bertz CT molecular complexity index is 1650. The van der Waals surface area contributed by atoms with Crippen molar-refractivity contribution in [1.29, 1.82) is 0 Å². The van der Waals surface area contributed by atoms with E-state index in [9.17, 15) is 0 Å². The van der Waals surface area contributed by atoms with Crippen LogP contribution in [0.5, 0.6) is 17.2 Å². The summed E-state index contributed by atoms with van der Waals surface area (Å²) in [4.78, 5) is 0. The summed E-state index contributed by atoms with van der Waals surface area (Å²) in [5, 5.41) is 25.9. The Morgan fingerprint density at radius 3 is 0.441 bits per heavy atom. The molecule has 0 aromatic heterocycles. The highest BCUT2D eigenvalue weighted by Gasteiger charge is 1.99. The molecule has 0 fully saturated rings. The van der Waals surface area contributed by atoms with Gasteiger partial charge in [-0.25, -0.2) is 0 Å². The van der Waals surface area contributed by atoms with Crippen molar-refractivity contribution in [3.05, 3.63) is 210 Å². The third kappa shape index (κ3) is 38.1. The lowest BCUT2D eigenvalue weighted by Gasteiger charge is -2.04. The van der Waals surface area contributed by atoms with E-state index >= 15 is 0 Å². The number of rotatable bonds is 6. The van der Waals surface area contributed by atoms with Crippen LogP contribution in [0.25, 0.3) is 22.3 Å². The average molecular weight is 930 g/mol. The van der Waals surface area contributed by atoms with Gasteiger partial charge in [-0.15, -0.1) is 0 Å². The molecule has 0 atom stereocenters. The molecule has 0 radical (unpaired) electrons. The summed E-state index contributed by atoms with van der Waals surface area (Å²) in [5.74, 6) is 0.965. The van der Waals surface area contributed by atoms with Gasteiger partial charge in [0.05, 0.1) is 0 Å². The highest BCUT2D eigenvalue weighted by atomic mass is 16.3. The molecule has 0 bridgehead atoms. The lowest BCUT2D eigenvalue weighted by Crippen LogP contribution is -1.83. The van der Waals surface area contributed by atoms with E-state index in [4.69, 9.17) is 15.3 Å². The van der Waals surface area contributed by atoms with E-state index in [0.717, 1.165) is 25.7 Å². The SMILES string of the molecule is C.CC.CC.CC.CC.CC.CC.CC.CCc1ccc(-c2ccc(CC)cc2)cc1.CCc1ccc(-c2ccc(CC)cc2)cc1.Oc1ccccc1.Oc1ccccc1.Oc1ccccc1. The van der Waals surface area contributed by atoms with Crippen molar-refractivity contribution in [2.24, 2.45) is 0 Å². The van der Waals surface area contributed by atoms with Gasteiger partial charge in [0, 0.05) is 0 Å². The second kappa shape index (κ2) is 57.1. The zero-order chi connectivity index (χ0) is 52.1. The summed E-state index contributed by atoms with van der Waals surface area (Å²) >= 11 is 0. The monoisotopic (exact) mass is 929 g/mol. The number of aromatic hydroxyl groups is 3. The molecule has 7 rings (SSSR count). The molecule has 68 heavy (non-hydrogen) atoms. The predicted octanol–water partition coefficient (Wildman–Crippen LogP) is 21.0. The van der Waals surface area contributed by atoms with Crippen LogP contribution in [-0.4, -0.2) is 15.3 Å². The number of para-hydroxylation sites is 3. The van der Waals surface area contributed by atoms with E-state index in [1.165, 1.54) is 44.5 Å². The molecule has 0 aliphatic carbocycles. The van der Waals surface area contributed by atoms with E-state index in [1.54, 1.807) is 72.8 Å². The quantitative estimate of drug-likeness (QED) is 0.156. The maximum atomic E-state index is 8.63. The summed E-state index contributed by atoms with van der Waals surface area (Å²) in [6.07, 6.45) is 4.42. The van der Waals surface area contributed by atoms with Crippen LogP contribution in [-0.2, 0) is 25.7 Å². The summed E-state index contributed by atoms with van der Waals surface area (Å²) in [7, 11) is 0. The Balaban J connectivity index is -0.000000171. The molecule has 0 aliphatic rings. The Morgan fingerprint density at radius 1 is 0.221 bits per heavy atom. The molecule has 0 spiro atoms. The van der Waals surface area contributed by atoms with E-state index in [1.807, 2.05) is 115 Å². The minimum atomic E-state index is 0. The third-order valence-corrected chi connectivity index (χ3v) is 8.38. The third-order valence-electron chi connectivity index (χ3n) is 8.38. The first-order valence-electron chi connectivity index (χ1n) is 25.4. The fourth-order valence-electron chi connectivity index (χ4n) is 5.02. The van der Waals surface area contributed by atoms with Gasteiger partial charge in [-0.2, -0.15) is 0 Å². The first-order valence-corrected chi connectivity index (χ1v) is 25.4. The Hall–Kier alpha value is -6.06. The zero-order valence-corrected chi connectivity index (χ0v) is 45.6. The van der Waals surface area contributed by atoms with Crippen LogP contribution in [0.4, 0.5) is 0 Å². The highest BCUT2D eigenvalue weighted by Crippen LogP contribution is 2.22. The second-order valence-electron chi connectivity index (χ2n) is 12.2. The second-order valence-corrected chi connectivity index (χ2v) is 12.2. The van der Waals surface area contributed by atoms with Gasteiger partial charge in [0.1, 0.15) is 17.2 Å². The first-order chi connectivity index (χ1) is 32.8. The van der Waals surface area contributed by atoms with Crippen LogP contribution in [0.3, 0.4) is 0 Å². The standard InChI is InChI=1S/2C16H18.3C6H6O.7C2H6.CH4/c2*1-3-13-5-9-15(10-6-13)16-11-7-14(4-2)8-12-16;3*7-6-4-2-1-3-5-6;7*1-2;/h2*5-12H,3-4H2,1-2H3;3*1-5,7H;7*1-2H3;1H4. The molecule has 3 N–H and O–H groups in total. The molecular weight excluding hydrogens is 829 g/mol. The summed E-state index contributed by atoms with van der Waals surface area (Å²) < 4.78 is 0. The zero-order valence-electron chi connectivity index (χ0n) is 45.6. The predicted molar refractivity (Wildman–Crippen MR) is 312 cm³/mol. The maximum Gasteiger partial charge on any atom is 0.115 e. The van der Waals surface area contributed by atoms with Crippen molar-refractivity contribution in [3.63, 3.8) is 0 Å². The van der Waals surface area contributed by atoms with E-state index in [2.05, 4.69) is 125 Å². The minimum absolute atomic E-state index is 0. The molecule has 0 saturated carbocycles. The van der Waals surface area contributed by atoms with Crippen molar-refractivity contribution in [2.75, 3.05) is 0 Å². The normalized spacial score (nSPS) is 8.15. The number of benzene rings is 7. The molecule has 7 aromatic rings. The van der Waals surface area contributed by atoms with Gasteiger partial charge in [0.25, 0.3) is 0 Å². The molecule has 0 saturated heterocycles. The van der Waals surface area contributed by atoms with Gasteiger partial charge in [-0.3, -0.25) is 0 Å². The van der Waals surface area contributed by atoms with Gasteiger partial charge >= 0.3 is 0 Å². The van der Waals surface area contributed by atoms with Crippen molar-refractivity contribution in [1.82, 2.24) is 0 Å². The highest BCUT2D eigenvalue weighted by molar-refractivity contribution is 5.64. The largest absolute Gasteiger partial charge is 0.508 e. The molecule has 7 aromatic carbocycles. The van der Waals surface area contributed by atoms with Crippen LogP contribution in [0.1, 0.15) is 154 Å². The lowest BCUT2D eigenvalue weighted by atomic mass is 10.0. The molecule has 0 aliphatic heterocycles. The summed E-state index contributed by atoms with van der Waals surface area (Å²) in [5.41, 5.74) is 10.8. The van der Waals surface area contributed by atoms with Crippen LogP contribution < -0.4 is 0 Å². The average Bonchev–Trinajstić information content (AvgIpc) is 3.44. The molecular formula is C65H100O3. The van der Waals surface area contributed by atoms with Crippen molar-refractivity contribution < 1.29 is 15.3 Å². The molecule has 378 valence electrons. The van der Waals surface area contributed by atoms with Crippen molar-refractivity contribution in [2.45, 2.75) is 158 Å². The van der Waals surface area contributed by atoms with Gasteiger partial charge in [0.2, 0.25) is 0 Å².